The quantitative estimate of drug-likeness (QED) is 0.0978. The van der Waals surface area contributed by atoms with Crippen molar-refractivity contribution in [3.05, 3.63) is 97.2 Å². The molecule has 0 aromatic rings. The first-order valence-corrected chi connectivity index (χ1v) is 15.9. The Morgan fingerprint density at radius 2 is 0.533 bits per heavy atom. The number of aliphatic hydroxyl groups is 4. The third-order valence-corrected chi connectivity index (χ3v) is 6.57. The second-order valence-corrected chi connectivity index (χ2v) is 13.5. The molecule has 0 aliphatic rings. The maximum Gasteiger partial charge on any atom is 0.0800 e. The first-order chi connectivity index (χ1) is 19.9. The molecular weight excluding hydrogens is 592 g/mol. The molecule has 0 fully saturated rings. The minimum atomic E-state index is -0.702. The van der Waals surface area contributed by atoms with Gasteiger partial charge < -0.3 is 20.4 Å². The van der Waals surface area contributed by atoms with Gasteiger partial charge >= 0.3 is 0 Å². The van der Waals surface area contributed by atoms with E-state index in [4.69, 9.17) is 0 Å². The summed E-state index contributed by atoms with van der Waals surface area (Å²) in [5, 5.41) is 38.0. The number of hydrogen-bond acceptors (Lipinski definition) is 4. The third kappa shape index (κ3) is 47.0. The molecule has 4 unspecified atom stereocenters. The number of allylic oxidation sites excluding steroid dienone is 8. The average Bonchev–Trinajstić information content (AvgIpc) is 2.88. The Morgan fingerprint density at radius 3 is 0.622 bits per heavy atom. The van der Waals surface area contributed by atoms with E-state index in [1.807, 2.05) is 0 Å². The van der Waals surface area contributed by atoms with Gasteiger partial charge in [0.2, 0.25) is 0 Å². The molecule has 0 bridgehead atoms. The predicted molar refractivity (Wildman–Crippen MR) is 198 cm³/mol. The Hall–Kier alpha value is -1.53. The Bertz CT molecular complexity index is 760. The van der Waals surface area contributed by atoms with E-state index in [1.165, 1.54) is 22.3 Å². The van der Waals surface area contributed by atoms with Crippen LogP contribution in [0.15, 0.2) is 97.2 Å². The van der Waals surface area contributed by atoms with Crippen molar-refractivity contribution >= 4 is 0 Å². The van der Waals surface area contributed by atoms with Crippen molar-refractivity contribution in [3.8, 4) is 0 Å². The van der Waals surface area contributed by atoms with Crippen LogP contribution in [0.1, 0.15) is 134 Å². The van der Waals surface area contributed by atoms with Gasteiger partial charge in [-0.1, -0.05) is 70.9 Å². The van der Waals surface area contributed by atoms with E-state index in [1.54, 1.807) is 52.0 Å². The molecule has 0 saturated carbocycles. The fourth-order valence-corrected chi connectivity index (χ4v) is 3.02. The van der Waals surface area contributed by atoms with Gasteiger partial charge in [0.1, 0.15) is 0 Å². The first kappa shape index (κ1) is 53.0. The summed E-state index contributed by atoms with van der Waals surface area (Å²) in [6, 6.07) is 0. The summed E-state index contributed by atoms with van der Waals surface area (Å²) < 4.78 is 0. The van der Waals surface area contributed by atoms with Gasteiger partial charge in [0.25, 0.3) is 0 Å². The van der Waals surface area contributed by atoms with Crippen molar-refractivity contribution in [2.24, 2.45) is 0 Å². The topological polar surface area (TPSA) is 80.9 Å². The summed E-state index contributed by atoms with van der Waals surface area (Å²) in [7, 11) is 0. The summed E-state index contributed by atoms with van der Waals surface area (Å²) in [6.45, 7) is 37.8. The van der Waals surface area contributed by atoms with Gasteiger partial charge in [-0.25, -0.2) is 0 Å². The molecule has 4 nitrogen and oxygen atoms in total. The molecule has 260 valence electrons. The third-order valence-electron chi connectivity index (χ3n) is 6.57. The van der Waals surface area contributed by atoms with E-state index in [0.717, 1.165) is 51.4 Å². The van der Waals surface area contributed by atoms with E-state index in [9.17, 15) is 20.4 Å². The maximum atomic E-state index is 9.49. The van der Waals surface area contributed by atoms with Crippen molar-refractivity contribution in [1.82, 2.24) is 0 Å². The van der Waals surface area contributed by atoms with Gasteiger partial charge in [0, 0.05) is 21.7 Å². The summed E-state index contributed by atoms with van der Waals surface area (Å²) in [4.78, 5) is 0. The van der Waals surface area contributed by atoms with Gasteiger partial charge in [-0.3, -0.25) is 0 Å². The standard InChI is InChI=1S/4C10H18O.Ti/c4*1-5-10(4,11)8-6-7-9(2)3;/h4*5,7,11H,1,6,8H2,2-4H3;. The Balaban J connectivity index is -0.000000157. The molecule has 4 atom stereocenters. The zero-order valence-electron chi connectivity index (χ0n) is 31.4. The monoisotopic (exact) mass is 664 g/mol. The van der Waals surface area contributed by atoms with Crippen LogP contribution in [-0.4, -0.2) is 42.8 Å². The van der Waals surface area contributed by atoms with Crippen molar-refractivity contribution in [2.75, 3.05) is 0 Å². The van der Waals surface area contributed by atoms with E-state index in [-0.39, 0.29) is 21.7 Å². The van der Waals surface area contributed by atoms with Crippen molar-refractivity contribution in [3.63, 3.8) is 0 Å². The largest absolute Gasteiger partial charge is 0.386 e. The second kappa shape index (κ2) is 28.7. The molecule has 0 amide bonds. The van der Waals surface area contributed by atoms with Crippen molar-refractivity contribution in [2.45, 2.75) is 157 Å². The molecule has 0 rings (SSSR count). The second-order valence-electron chi connectivity index (χ2n) is 13.5. The minimum absolute atomic E-state index is 0. The van der Waals surface area contributed by atoms with E-state index >= 15 is 0 Å². The SMILES string of the molecule is C=CC(C)(O)CCC=C(C)C.C=CC(C)(O)CCC=C(C)C.C=CC(C)(O)CCC=C(C)C.C=CC(C)(O)CCC=C(C)C.[Ti]. The molecule has 0 saturated heterocycles. The molecule has 0 radical (unpaired) electrons. The number of rotatable bonds is 16. The molecule has 0 heterocycles. The van der Waals surface area contributed by atoms with Gasteiger partial charge in [0.15, 0.2) is 0 Å². The molecule has 0 aromatic heterocycles. The molecule has 0 aliphatic heterocycles. The van der Waals surface area contributed by atoms with Crippen LogP contribution in [0.25, 0.3) is 0 Å². The van der Waals surface area contributed by atoms with Gasteiger partial charge in [-0.05, 0) is 134 Å². The average molecular weight is 665 g/mol. The van der Waals surface area contributed by atoms with Crippen LogP contribution in [0, 0.1) is 0 Å². The normalized spacial score (nSPS) is 14.9. The first-order valence-electron chi connectivity index (χ1n) is 15.9. The van der Waals surface area contributed by atoms with Crippen LogP contribution >= 0.6 is 0 Å². The van der Waals surface area contributed by atoms with Crippen LogP contribution in [0.3, 0.4) is 0 Å². The minimum Gasteiger partial charge on any atom is -0.386 e. The van der Waals surface area contributed by atoms with Crippen LogP contribution in [0.2, 0.25) is 0 Å². The number of hydrogen-bond donors (Lipinski definition) is 4. The molecule has 4 N–H and O–H groups in total. The molecular formula is C40H72O4Ti. The van der Waals surface area contributed by atoms with Crippen LogP contribution in [-0.2, 0) is 21.7 Å². The zero-order valence-corrected chi connectivity index (χ0v) is 33.0. The summed E-state index contributed by atoms with van der Waals surface area (Å²) >= 11 is 0. The van der Waals surface area contributed by atoms with E-state index in [0.29, 0.717) is 0 Å². The Kier molecular flexibility index (Phi) is 33.8. The predicted octanol–water partition coefficient (Wildman–Crippen LogP) is 10.7. The summed E-state index contributed by atoms with van der Waals surface area (Å²) in [6.07, 6.45) is 21.5. The fraction of sp³-hybridized carbons (Fsp3) is 0.600. The molecule has 0 spiro atoms. The van der Waals surface area contributed by atoms with Crippen molar-refractivity contribution in [1.29, 1.82) is 0 Å². The fourth-order valence-electron chi connectivity index (χ4n) is 3.02. The maximum absolute atomic E-state index is 9.49. The van der Waals surface area contributed by atoms with Crippen molar-refractivity contribution < 1.29 is 42.1 Å². The van der Waals surface area contributed by atoms with Crippen LogP contribution in [0.5, 0.6) is 0 Å². The molecule has 5 heteroatoms. The smallest absolute Gasteiger partial charge is 0.0800 e. The van der Waals surface area contributed by atoms with E-state index in [2.05, 4.69) is 106 Å². The van der Waals surface area contributed by atoms with Gasteiger partial charge in [-0.15, -0.1) is 26.3 Å². The van der Waals surface area contributed by atoms with Crippen LogP contribution < -0.4 is 0 Å². The zero-order chi connectivity index (χ0) is 35.6. The molecule has 0 aliphatic carbocycles. The molecule has 45 heavy (non-hydrogen) atoms. The van der Waals surface area contributed by atoms with E-state index < -0.39 is 22.4 Å². The van der Waals surface area contributed by atoms with Crippen LogP contribution in [0.4, 0.5) is 0 Å². The van der Waals surface area contributed by atoms with Gasteiger partial charge in [0.05, 0.1) is 22.4 Å². The summed E-state index contributed by atoms with van der Waals surface area (Å²) in [5.41, 5.74) is 2.37. The van der Waals surface area contributed by atoms with Gasteiger partial charge in [-0.2, -0.15) is 0 Å². The molecule has 0 aromatic carbocycles. The Morgan fingerprint density at radius 1 is 0.400 bits per heavy atom. The summed E-state index contributed by atoms with van der Waals surface area (Å²) in [5.74, 6) is 0. The Labute approximate surface area is 295 Å².